The van der Waals surface area contributed by atoms with Crippen LogP contribution in [-0.4, -0.2) is 68.3 Å². The van der Waals surface area contributed by atoms with E-state index in [4.69, 9.17) is 9.47 Å². The second-order valence-corrected chi connectivity index (χ2v) is 6.93. The molecule has 1 aromatic rings. The van der Waals surface area contributed by atoms with E-state index < -0.39 is 0 Å². The lowest BCUT2D eigenvalue weighted by molar-refractivity contribution is 0.0432. The van der Waals surface area contributed by atoms with E-state index >= 15 is 0 Å². The minimum absolute atomic E-state index is 0.0625. The molecule has 2 fully saturated rings. The highest BCUT2D eigenvalue weighted by Crippen LogP contribution is 2.24. The zero-order chi connectivity index (χ0) is 16.2. The summed E-state index contributed by atoms with van der Waals surface area (Å²) in [4.78, 5) is 17.1. The van der Waals surface area contributed by atoms with Crippen LogP contribution in [0.1, 0.15) is 23.2 Å². The van der Waals surface area contributed by atoms with Gasteiger partial charge in [0.15, 0.2) is 0 Å². The zero-order valence-corrected chi connectivity index (χ0v) is 15.0. The number of carbonyl (C=O) groups is 1. The van der Waals surface area contributed by atoms with Crippen LogP contribution in [-0.2, 0) is 4.74 Å². The van der Waals surface area contributed by atoms with E-state index in [9.17, 15) is 4.79 Å². The molecular formula is C17H23BrN2O3. The van der Waals surface area contributed by atoms with E-state index in [-0.39, 0.29) is 5.91 Å². The van der Waals surface area contributed by atoms with Crippen molar-refractivity contribution in [1.29, 1.82) is 0 Å². The first-order valence-electron chi connectivity index (χ1n) is 8.14. The van der Waals surface area contributed by atoms with Crippen LogP contribution in [0.15, 0.2) is 22.7 Å². The largest absolute Gasteiger partial charge is 0.497 e. The van der Waals surface area contributed by atoms with E-state index in [1.165, 1.54) is 6.42 Å². The van der Waals surface area contributed by atoms with Gasteiger partial charge in [0, 0.05) is 43.8 Å². The molecule has 2 aliphatic rings. The van der Waals surface area contributed by atoms with Crippen LogP contribution in [0.2, 0.25) is 0 Å². The first-order chi connectivity index (χ1) is 11.2. The monoisotopic (exact) mass is 382 g/mol. The van der Waals surface area contributed by atoms with Gasteiger partial charge in [0.25, 0.3) is 5.91 Å². The second kappa shape index (κ2) is 7.64. The molecule has 2 heterocycles. The number of methoxy groups -OCH3 is 1. The third kappa shape index (κ3) is 4.05. The summed E-state index contributed by atoms with van der Waals surface area (Å²) in [5.74, 6) is 0.765. The summed E-state index contributed by atoms with van der Waals surface area (Å²) in [5.41, 5.74) is 0.664. The van der Waals surface area contributed by atoms with Crippen molar-refractivity contribution in [2.45, 2.75) is 18.9 Å². The number of hydrogen-bond acceptors (Lipinski definition) is 4. The molecule has 1 aromatic carbocycles. The number of carbonyl (C=O) groups excluding carboxylic acids is 1. The van der Waals surface area contributed by atoms with E-state index in [1.54, 1.807) is 13.2 Å². The Morgan fingerprint density at radius 3 is 2.78 bits per heavy atom. The number of rotatable bonds is 4. The zero-order valence-electron chi connectivity index (χ0n) is 13.5. The van der Waals surface area contributed by atoms with Gasteiger partial charge in [-0.25, -0.2) is 0 Å². The topological polar surface area (TPSA) is 42.0 Å². The molecule has 0 radical (unpaired) electrons. The molecule has 0 spiro atoms. The summed E-state index contributed by atoms with van der Waals surface area (Å²) in [6.45, 7) is 5.22. The fourth-order valence-corrected chi connectivity index (χ4v) is 3.59. The molecule has 6 heteroatoms. The molecule has 0 saturated carbocycles. The lowest BCUT2D eigenvalue weighted by atomic mass is 10.1. The normalized spacial score (nSPS) is 22.3. The predicted octanol–water partition coefficient (Wildman–Crippen LogP) is 2.39. The van der Waals surface area contributed by atoms with Crippen molar-refractivity contribution < 1.29 is 14.3 Å². The fraction of sp³-hybridized carbons (Fsp3) is 0.588. The number of hydrogen-bond donors (Lipinski definition) is 0. The number of benzene rings is 1. The van der Waals surface area contributed by atoms with Crippen molar-refractivity contribution in [3.8, 4) is 5.75 Å². The molecule has 3 rings (SSSR count). The van der Waals surface area contributed by atoms with Crippen molar-refractivity contribution in [3.05, 3.63) is 28.2 Å². The van der Waals surface area contributed by atoms with Crippen LogP contribution in [0, 0.1) is 0 Å². The van der Waals surface area contributed by atoms with Gasteiger partial charge >= 0.3 is 0 Å². The summed E-state index contributed by atoms with van der Waals surface area (Å²) in [6, 6.07) is 5.51. The van der Waals surface area contributed by atoms with Gasteiger partial charge in [0.05, 0.1) is 18.8 Å². The Balaban J connectivity index is 1.57. The van der Waals surface area contributed by atoms with Crippen molar-refractivity contribution in [3.63, 3.8) is 0 Å². The van der Waals surface area contributed by atoms with Crippen LogP contribution in [0.5, 0.6) is 5.75 Å². The number of halogens is 1. The maximum Gasteiger partial charge on any atom is 0.255 e. The summed E-state index contributed by atoms with van der Waals surface area (Å²) in [6.07, 6.45) is 2.72. The van der Waals surface area contributed by atoms with Crippen molar-refractivity contribution in [2.75, 3.05) is 46.4 Å². The predicted molar refractivity (Wildman–Crippen MR) is 92.0 cm³/mol. The molecule has 2 saturated heterocycles. The minimum atomic E-state index is 0.0625. The molecular weight excluding hydrogens is 360 g/mol. The van der Waals surface area contributed by atoms with Gasteiger partial charge in [-0.1, -0.05) is 0 Å². The Morgan fingerprint density at radius 1 is 1.35 bits per heavy atom. The average molecular weight is 383 g/mol. The highest BCUT2D eigenvalue weighted by molar-refractivity contribution is 9.10. The van der Waals surface area contributed by atoms with E-state index in [0.29, 0.717) is 17.4 Å². The van der Waals surface area contributed by atoms with Crippen LogP contribution in [0.3, 0.4) is 0 Å². The van der Waals surface area contributed by atoms with Gasteiger partial charge in [-0.3, -0.25) is 9.69 Å². The molecule has 0 aliphatic carbocycles. The summed E-state index contributed by atoms with van der Waals surface area (Å²) in [7, 11) is 1.61. The third-order valence-electron chi connectivity index (χ3n) is 4.55. The Morgan fingerprint density at radius 2 is 2.13 bits per heavy atom. The Labute approximate surface area is 145 Å². The second-order valence-electron chi connectivity index (χ2n) is 6.07. The van der Waals surface area contributed by atoms with Gasteiger partial charge in [-0.2, -0.15) is 0 Å². The van der Waals surface area contributed by atoms with Crippen LogP contribution >= 0.6 is 15.9 Å². The fourth-order valence-electron chi connectivity index (χ4n) is 3.18. The van der Waals surface area contributed by atoms with Crippen molar-refractivity contribution in [2.24, 2.45) is 0 Å². The van der Waals surface area contributed by atoms with E-state index in [2.05, 4.69) is 20.8 Å². The third-order valence-corrected chi connectivity index (χ3v) is 5.24. The summed E-state index contributed by atoms with van der Waals surface area (Å²) < 4.78 is 11.7. The number of piperazine rings is 1. The van der Waals surface area contributed by atoms with Crippen LogP contribution in [0.25, 0.3) is 0 Å². The molecule has 1 unspecified atom stereocenters. The molecule has 1 atom stereocenters. The summed E-state index contributed by atoms with van der Waals surface area (Å²) >= 11 is 3.47. The maximum atomic E-state index is 12.7. The number of nitrogens with zero attached hydrogens (tertiary/aromatic N) is 2. The SMILES string of the molecule is COc1ccc(Br)c(C(=O)N2CCN(CC3CCCO3)CC2)c1. The number of amides is 1. The van der Waals surface area contributed by atoms with Crippen molar-refractivity contribution >= 4 is 21.8 Å². The highest BCUT2D eigenvalue weighted by atomic mass is 79.9. The minimum Gasteiger partial charge on any atom is -0.497 e. The lowest BCUT2D eigenvalue weighted by Gasteiger charge is -2.35. The van der Waals surface area contributed by atoms with Gasteiger partial charge in [0.1, 0.15) is 5.75 Å². The molecule has 0 bridgehead atoms. The van der Waals surface area contributed by atoms with Gasteiger partial charge in [0.2, 0.25) is 0 Å². The van der Waals surface area contributed by atoms with Crippen LogP contribution < -0.4 is 4.74 Å². The molecule has 23 heavy (non-hydrogen) atoms. The summed E-state index contributed by atoms with van der Waals surface area (Å²) in [5, 5.41) is 0. The Bertz CT molecular complexity index is 553. The van der Waals surface area contributed by atoms with Gasteiger partial charge in [-0.15, -0.1) is 0 Å². The average Bonchev–Trinajstić information content (AvgIpc) is 3.08. The first kappa shape index (κ1) is 16.7. The molecule has 0 N–H and O–H groups in total. The van der Waals surface area contributed by atoms with Gasteiger partial charge in [-0.05, 0) is 47.0 Å². The van der Waals surface area contributed by atoms with E-state index in [1.807, 2.05) is 17.0 Å². The molecule has 126 valence electrons. The van der Waals surface area contributed by atoms with E-state index in [0.717, 1.165) is 50.2 Å². The molecule has 1 amide bonds. The lowest BCUT2D eigenvalue weighted by Crippen LogP contribution is -2.50. The van der Waals surface area contributed by atoms with Crippen LogP contribution in [0.4, 0.5) is 0 Å². The standard InChI is InChI=1S/C17H23BrN2O3/c1-22-13-4-5-16(18)15(11-13)17(21)20-8-6-19(7-9-20)12-14-3-2-10-23-14/h4-5,11,14H,2-3,6-10,12H2,1H3. The molecule has 5 nitrogen and oxygen atoms in total. The first-order valence-corrected chi connectivity index (χ1v) is 8.93. The Hall–Kier alpha value is -1.11. The Kier molecular flexibility index (Phi) is 5.56. The quantitative estimate of drug-likeness (QED) is 0.801. The van der Waals surface area contributed by atoms with Crippen molar-refractivity contribution in [1.82, 2.24) is 9.80 Å². The number of ether oxygens (including phenoxy) is 2. The molecule has 0 aromatic heterocycles. The highest BCUT2D eigenvalue weighted by Gasteiger charge is 2.26. The van der Waals surface area contributed by atoms with Gasteiger partial charge < -0.3 is 14.4 Å². The maximum absolute atomic E-state index is 12.7. The molecule has 2 aliphatic heterocycles. The smallest absolute Gasteiger partial charge is 0.255 e.